The molecule has 248 valence electrons. The monoisotopic (exact) mass is 646 g/mol. The quantitative estimate of drug-likeness (QED) is 0.166. The van der Waals surface area contributed by atoms with Crippen LogP contribution in [0, 0.1) is 0 Å². The highest BCUT2D eigenvalue weighted by atomic mass is 16.6. The molecule has 8 nitrogen and oxygen atoms in total. The number of carbonyl (C=O) groups excluding carboxylic acids is 2. The third-order valence-electron chi connectivity index (χ3n) is 8.19. The number of hydrogen-bond acceptors (Lipinski definition) is 5. The Bertz CT molecular complexity index is 1720. The van der Waals surface area contributed by atoms with Crippen LogP contribution in [0.5, 0.6) is 11.5 Å². The van der Waals surface area contributed by atoms with Crippen LogP contribution in [0.1, 0.15) is 67.9 Å². The zero-order valence-corrected chi connectivity index (χ0v) is 27.6. The standard InChI is InChI=1S/C40H42N2O6/c1-40(2,3)48-38(44)41-32-17-19-33(20-18-32)42(39(45)46)37-26-29(16-25-36(37)31-10-5-4-6-11-31)9-7-8-28-12-21-34(22-13-28)47-35-23-14-30(27-43)15-24-35/h4-7,9-16,21-27,32-33H,8,17-20H2,1-3H3,(H,41,44)(H,45,46)/t32-,33-. The molecule has 4 aromatic carbocycles. The third-order valence-corrected chi connectivity index (χ3v) is 8.19. The van der Waals surface area contributed by atoms with Gasteiger partial charge < -0.3 is 19.9 Å². The predicted octanol–water partition coefficient (Wildman–Crippen LogP) is 9.53. The lowest BCUT2D eigenvalue weighted by Gasteiger charge is -2.36. The molecule has 0 spiro atoms. The molecule has 0 aromatic heterocycles. The largest absolute Gasteiger partial charge is 0.465 e. The Labute approximate surface area is 282 Å². The molecule has 2 amide bonds. The summed E-state index contributed by atoms with van der Waals surface area (Å²) in [7, 11) is 0. The van der Waals surface area contributed by atoms with Gasteiger partial charge in [-0.05, 0) is 112 Å². The highest BCUT2D eigenvalue weighted by Gasteiger charge is 2.32. The number of anilines is 1. The number of nitrogens with one attached hydrogen (secondary N) is 1. The summed E-state index contributed by atoms with van der Waals surface area (Å²) in [6, 6.07) is 30.3. The maximum Gasteiger partial charge on any atom is 0.412 e. The summed E-state index contributed by atoms with van der Waals surface area (Å²) < 4.78 is 11.3. The Morgan fingerprint density at radius 1 is 0.854 bits per heavy atom. The van der Waals surface area contributed by atoms with Gasteiger partial charge in [-0.1, -0.05) is 66.7 Å². The Kier molecular flexibility index (Phi) is 11.0. The Balaban J connectivity index is 1.30. The number of aldehydes is 1. The molecule has 1 aliphatic rings. The van der Waals surface area contributed by atoms with Gasteiger partial charge >= 0.3 is 12.2 Å². The van der Waals surface area contributed by atoms with Crippen LogP contribution in [-0.4, -0.2) is 41.3 Å². The van der Waals surface area contributed by atoms with E-state index in [1.54, 1.807) is 24.3 Å². The molecule has 1 saturated carbocycles. The van der Waals surface area contributed by atoms with Crippen molar-refractivity contribution in [3.8, 4) is 22.6 Å². The van der Waals surface area contributed by atoms with E-state index >= 15 is 0 Å². The lowest BCUT2D eigenvalue weighted by Crippen LogP contribution is -2.47. The number of carbonyl (C=O) groups is 3. The van der Waals surface area contributed by atoms with E-state index in [1.165, 1.54) is 4.90 Å². The van der Waals surface area contributed by atoms with Crippen molar-refractivity contribution in [2.24, 2.45) is 0 Å². The van der Waals surface area contributed by atoms with Gasteiger partial charge in [-0.2, -0.15) is 0 Å². The highest BCUT2D eigenvalue weighted by Crippen LogP contribution is 2.37. The lowest BCUT2D eigenvalue weighted by atomic mass is 9.89. The number of hydrogen-bond donors (Lipinski definition) is 2. The van der Waals surface area contributed by atoms with Crippen LogP contribution in [-0.2, 0) is 11.2 Å². The van der Waals surface area contributed by atoms with Crippen molar-refractivity contribution >= 4 is 30.2 Å². The van der Waals surface area contributed by atoms with Crippen LogP contribution in [0.2, 0.25) is 0 Å². The Morgan fingerprint density at radius 2 is 1.48 bits per heavy atom. The second-order valence-electron chi connectivity index (χ2n) is 13.0. The molecule has 1 aliphatic carbocycles. The van der Waals surface area contributed by atoms with E-state index < -0.39 is 17.8 Å². The van der Waals surface area contributed by atoms with Crippen molar-refractivity contribution in [2.45, 2.75) is 70.6 Å². The van der Waals surface area contributed by atoms with Crippen LogP contribution < -0.4 is 15.0 Å². The molecule has 0 saturated heterocycles. The fourth-order valence-electron chi connectivity index (χ4n) is 5.90. The molecule has 48 heavy (non-hydrogen) atoms. The molecule has 0 radical (unpaired) electrons. The number of carboxylic acid groups (broad SMARTS) is 1. The lowest BCUT2D eigenvalue weighted by molar-refractivity contribution is 0.0490. The van der Waals surface area contributed by atoms with Gasteiger partial charge in [0.1, 0.15) is 23.4 Å². The van der Waals surface area contributed by atoms with E-state index in [2.05, 4.69) is 11.4 Å². The number of nitrogens with zero attached hydrogens (tertiary/aromatic N) is 1. The van der Waals surface area contributed by atoms with Crippen molar-refractivity contribution in [3.63, 3.8) is 0 Å². The summed E-state index contributed by atoms with van der Waals surface area (Å²) in [5.41, 5.74) is 4.44. The van der Waals surface area contributed by atoms with E-state index in [0.29, 0.717) is 54.9 Å². The normalized spacial score (nSPS) is 16.2. The maximum absolute atomic E-state index is 12.9. The molecule has 0 heterocycles. The van der Waals surface area contributed by atoms with Gasteiger partial charge in [0.2, 0.25) is 0 Å². The minimum absolute atomic E-state index is 0.0646. The number of benzene rings is 4. The van der Waals surface area contributed by atoms with E-state index in [-0.39, 0.29) is 12.1 Å². The van der Waals surface area contributed by atoms with Gasteiger partial charge in [0.05, 0.1) is 5.69 Å². The molecule has 0 unspecified atom stereocenters. The second kappa shape index (κ2) is 15.5. The minimum atomic E-state index is -1.00. The fraction of sp³-hybridized carbons (Fsp3) is 0.275. The number of ether oxygens (including phenoxy) is 2. The van der Waals surface area contributed by atoms with Crippen molar-refractivity contribution in [1.82, 2.24) is 5.32 Å². The average Bonchev–Trinajstić information content (AvgIpc) is 3.06. The first-order valence-corrected chi connectivity index (χ1v) is 16.3. The van der Waals surface area contributed by atoms with Gasteiger partial charge in [0.25, 0.3) is 0 Å². The zero-order chi connectivity index (χ0) is 34.1. The van der Waals surface area contributed by atoms with Crippen molar-refractivity contribution in [3.05, 3.63) is 120 Å². The average molecular weight is 647 g/mol. The summed E-state index contributed by atoms with van der Waals surface area (Å²) >= 11 is 0. The summed E-state index contributed by atoms with van der Waals surface area (Å²) in [6.07, 6.45) is 6.66. The topological polar surface area (TPSA) is 105 Å². The zero-order valence-electron chi connectivity index (χ0n) is 27.6. The fourth-order valence-corrected chi connectivity index (χ4v) is 5.90. The minimum Gasteiger partial charge on any atom is -0.465 e. The molecule has 5 rings (SSSR count). The van der Waals surface area contributed by atoms with E-state index in [1.807, 2.05) is 99.6 Å². The molecular weight excluding hydrogens is 604 g/mol. The Morgan fingerprint density at radius 3 is 2.08 bits per heavy atom. The molecular formula is C40H42N2O6. The number of alkyl carbamates (subject to hydrolysis) is 1. The predicted molar refractivity (Wildman–Crippen MR) is 189 cm³/mol. The van der Waals surface area contributed by atoms with E-state index in [0.717, 1.165) is 28.5 Å². The second-order valence-corrected chi connectivity index (χ2v) is 13.0. The van der Waals surface area contributed by atoms with Crippen LogP contribution in [0.25, 0.3) is 17.2 Å². The summed E-state index contributed by atoms with van der Waals surface area (Å²) in [6.45, 7) is 5.49. The van der Waals surface area contributed by atoms with Crippen molar-refractivity contribution in [1.29, 1.82) is 0 Å². The summed E-state index contributed by atoms with van der Waals surface area (Å²) in [5.74, 6) is 1.36. The third kappa shape index (κ3) is 9.35. The van der Waals surface area contributed by atoms with Crippen LogP contribution in [0.15, 0.2) is 103 Å². The molecule has 0 bridgehead atoms. The van der Waals surface area contributed by atoms with Crippen LogP contribution in [0.4, 0.5) is 15.3 Å². The molecule has 4 aromatic rings. The van der Waals surface area contributed by atoms with Crippen LogP contribution in [0.3, 0.4) is 0 Å². The number of allylic oxidation sites excluding steroid dienone is 1. The first kappa shape index (κ1) is 34.0. The van der Waals surface area contributed by atoms with Gasteiger partial charge in [0, 0.05) is 23.2 Å². The molecule has 0 aliphatic heterocycles. The van der Waals surface area contributed by atoms with Gasteiger partial charge in [-0.3, -0.25) is 9.69 Å². The van der Waals surface area contributed by atoms with E-state index in [9.17, 15) is 19.5 Å². The van der Waals surface area contributed by atoms with E-state index in [4.69, 9.17) is 9.47 Å². The summed E-state index contributed by atoms with van der Waals surface area (Å²) in [4.78, 5) is 37.6. The van der Waals surface area contributed by atoms with Crippen molar-refractivity contribution in [2.75, 3.05) is 4.90 Å². The van der Waals surface area contributed by atoms with Gasteiger partial charge in [-0.15, -0.1) is 0 Å². The number of amides is 2. The van der Waals surface area contributed by atoms with Crippen LogP contribution >= 0.6 is 0 Å². The molecule has 1 fully saturated rings. The maximum atomic E-state index is 12.9. The molecule has 8 heteroatoms. The summed E-state index contributed by atoms with van der Waals surface area (Å²) in [5, 5.41) is 13.5. The first-order chi connectivity index (χ1) is 23.1. The smallest absolute Gasteiger partial charge is 0.412 e. The highest BCUT2D eigenvalue weighted by molar-refractivity contribution is 5.94. The van der Waals surface area contributed by atoms with Crippen molar-refractivity contribution < 1.29 is 29.0 Å². The SMILES string of the molecule is CC(C)(C)OC(=O)N[C@H]1CC[C@H](N(C(=O)O)c2cc(C=CCc3ccc(Oc4ccc(C=O)cc4)cc3)ccc2-c2ccccc2)CC1. The molecule has 0 atom stereocenters. The molecule has 2 N–H and O–H groups in total. The van der Waals surface area contributed by atoms with Gasteiger partial charge in [0.15, 0.2) is 0 Å². The first-order valence-electron chi connectivity index (χ1n) is 16.3. The van der Waals surface area contributed by atoms with Gasteiger partial charge in [-0.25, -0.2) is 9.59 Å². The number of rotatable bonds is 10. The Hall–Kier alpha value is -5.37.